The number of carbonyl (C=O) groups excluding carboxylic acids is 2. The van der Waals surface area contributed by atoms with Gasteiger partial charge in [0.15, 0.2) is 0 Å². The molecule has 3 rings (SSSR count). The third-order valence-electron chi connectivity index (χ3n) is 4.76. The second-order valence-electron chi connectivity index (χ2n) is 6.34. The molecule has 2 heterocycles. The monoisotopic (exact) mass is 300 g/mol. The van der Waals surface area contributed by atoms with Crippen LogP contribution >= 0.6 is 0 Å². The van der Waals surface area contributed by atoms with Gasteiger partial charge in [0.1, 0.15) is 0 Å². The number of fused-ring (bicyclic) bond motifs is 3. The van der Waals surface area contributed by atoms with E-state index in [2.05, 4.69) is 16.3 Å². The zero-order chi connectivity index (χ0) is 15.4. The van der Waals surface area contributed by atoms with Crippen molar-refractivity contribution in [1.82, 2.24) is 10.2 Å². The Labute approximate surface area is 131 Å². The molecule has 1 fully saturated rings. The van der Waals surface area contributed by atoms with Crippen LogP contribution in [0.4, 0.5) is 0 Å². The molecular weight excluding hydrogens is 276 g/mol. The second-order valence-corrected chi connectivity index (χ2v) is 6.34. The number of aryl methyl sites for hydroxylation is 1. The first-order valence-corrected chi connectivity index (χ1v) is 8.40. The highest BCUT2D eigenvalue weighted by Gasteiger charge is 2.27. The van der Waals surface area contributed by atoms with Gasteiger partial charge in [-0.1, -0.05) is 12.1 Å². The number of nitrogens with zero attached hydrogens (tertiary/aromatic N) is 1. The highest BCUT2D eigenvalue weighted by atomic mass is 16.2. The summed E-state index contributed by atoms with van der Waals surface area (Å²) in [5.41, 5.74) is 1.93. The quantitative estimate of drug-likeness (QED) is 0.800. The lowest BCUT2D eigenvalue weighted by atomic mass is 10.0. The largest absolute Gasteiger partial charge is 0.352 e. The van der Waals surface area contributed by atoms with Gasteiger partial charge in [-0.15, -0.1) is 0 Å². The van der Waals surface area contributed by atoms with Crippen LogP contribution in [0.15, 0.2) is 24.3 Å². The summed E-state index contributed by atoms with van der Waals surface area (Å²) >= 11 is 0. The molecule has 1 unspecified atom stereocenters. The van der Waals surface area contributed by atoms with E-state index in [9.17, 15) is 9.59 Å². The summed E-state index contributed by atoms with van der Waals surface area (Å²) in [6.07, 6.45) is 6.48. The molecule has 1 N–H and O–H groups in total. The van der Waals surface area contributed by atoms with Crippen LogP contribution in [0.1, 0.15) is 54.4 Å². The smallest absolute Gasteiger partial charge is 0.251 e. The van der Waals surface area contributed by atoms with Gasteiger partial charge in [-0.3, -0.25) is 9.59 Å². The molecule has 4 heteroatoms. The van der Waals surface area contributed by atoms with Gasteiger partial charge in [0.2, 0.25) is 5.91 Å². The highest BCUT2D eigenvalue weighted by Crippen LogP contribution is 2.23. The van der Waals surface area contributed by atoms with Crippen LogP contribution in [0, 0.1) is 0 Å². The van der Waals surface area contributed by atoms with Crippen LogP contribution < -0.4 is 5.32 Å². The van der Waals surface area contributed by atoms with Crippen molar-refractivity contribution >= 4 is 11.8 Å². The maximum atomic E-state index is 12.3. The lowest BCUT2D eigenvalue weighted by molar-refractivity contribution is -0.132. The van der Waals surface area contributed by atoms with E-state index >= 15 is 0 Å². The van der Waals surface area contributed by atoms with Crippen molar-refractivity contribution in [2.45, 2.75) is 51.0 Å². The predicted octanol–water partition coefficient (Wildman–Crippen LogP) is 2.52. The molecule has 22 heavy (non-hydrogen) atoms. The second kappa shape index (κ2) is 6.95. The van der Waals surface area contributed by atoms with Gasteiger partial charge in [-0.25, -0.2) is 0 Å². The zero-order valence-electron chi connectivity index (χ0n) is 13.0. The Morgan fingerprint density at radius 2 is 1.95 bits per heavy atom. The van der Waals surface area contributed by atoms with Crippen LogP contribution in [0.5, 0.6) is 0 Å². The van der Waals surface area contributed by atoms with Crippen molar-refractivity contribution in [2.75, 3.05) is 13.1 Å². The summed E-state index contributed by atoms with van der Waals surface area (Å²) < 4.78 is 0. The minimum Gasteiger partial charge on any atom is -0.352 e. The first-order valence-electron chi connectivity index (χ1n) is 8.40. The SMILES string of the molecule is O=C1NCCCCC(=O)N2CCCC2CCc2cccc1c2. The number of benzene rings is 1. The third-order valence-corrected chi connectivity index (χ3v) is 4.76. The van der Waals surface area contributed by atoms with E-state index in [1.807, 2.05) is 18.2 Å². The molecule has 0 saturated carbocycles. The summed E-state index contributed by atoms with van der Waals surface area (Å²) in [6, 6.07) is 8.27. The first kappa shape index (κ1) is 15.1. The molecule has 2 aliphatic heterocycles. The van der Waals surface area contributed by atoms with Crippen LogP contribution in [-0.2, 0) is 11.2 Å². The molecule has 2 bridgehead atoms. The van der Waals surface area contributed by atoms with Crippen LogP contribution in [-0.4, -0.2) is 35.8 Å². The summed E-state index contributed by atoms with van der Waals surface area (Å²) in [5, 5.41) is 2.94. The van der Waals surface area contributed by atoms with Gasteiger partial charge in [-0.05, 0) is 56.2 Å². The lowest BCUT2D eigenvalue weighted by Gasteiger charge is -2.25. The molecule has 118 valence electrons. The number of nitrogens with one attached hydrogen (secondary N) is 1. The lowest BCUT2D eigenvalue weighted by Crippen LogP contribution is -2.36. The molecule has 1 aromatic carbocycles. The average molecular weight is 300 g/mol. The van der Waals surface area contributed by atoms with E-state index < -0.39 is 0 Å². The van der Waals surface area contributed by atoms with Crippen molar-refractivity contribution in [3.8, 4) is 0 Å². The minimum atomic E-state index is -0.00673. The fourth-order valence-electron chi connectivity index (χ4n) is 3.51. The molecule has 1 saturated heterocycles. The minimum absolute atomic E-state index is 0.00673. The standard InChI is InChI=1S/C18H24N2O2/c21-17-8-1-2-11-19-18(22)15-6-3-5-14(13-15)9-10-16-7-4-12-20(16)17/h3,5-6,13,16H,1-2,4,7-12H2,(H,19,22). The average Bonchev–Trinajstić information content (AvgIpc) is 3.00. The van der Waals surface area contributed by atoms with E-state index in [0.717, 1.165) is 50.6 Å². The number of amides is 2. The van der Waals surface area contributed by atoms with Gasteiger partial charge in [-0.2, -0.15) is 0 Å². The van der Waals surface area contributed by atoms with E-state index in [1.54, 1.807) is 0 Å². The molecule has 1 aromatic rings. The number of hydrogen-bond donors (Lipinski definition) is 1. The summed E-state index contributed by atoms with van der Waals surface area (Å²) in [4.78, 5) is 26.5. The fraction of sp³-hybridized carbons (Fsp3) is 0.556. The Kier molecular flexibility index (Phi) is 4.76. The molecule has 0 aliphatic carbocycles. The van der Waals surface area contributed by atoms with Gasteiger partial charge >= 0.3 is 0 Å². The van der Waals surface area contributed by atoms with Crippen molar-refractivity contribution < 1.29 is 9.59 Å². The van der Waals surface area contributed by atoms with Crippen molar-refractivity contribution in [1.29, 1.82) is 0 Å². The first-order chi connectivity index (χ1) is 10.7. The van der Waals surface area contributed by atoms with Gasteiger partial charge in [0.05, 0.1) is 0 Å². The molecular formula is C18H24N2O2. The number of carbonyl (C=O) groups is 2. The summed E-state index contributed by atoms with van der Waals surface area (Å²) in [6.45, 7) is 1.56. The Morgan fingerprint density at radius 1 is 1.05 bits per heavy atom. The Balaban J connectivity index is 1.77. The molecule has 0 aromatic heterocycles. The predicted molar refractivity (Wildman–Crippen MR) is 85.7 cm³/mol. The molecule has 0 radical (unpaired) electrons. The molecule has 2 aliphatic rings. The van der Waals surface area contributed by atoms with Crippen molar-refractivity contribution in [2.24, 2.45) is 0 Å². The zero-order valence-corrected chi connectivity index (χ0v) is 13.0. The Morgan fingerprint density at radius 3 is 2.86 bits per heavy atom. The highest BCUT2D eigenvalue weighted by molar-refractivity contribution is 5.94. The van der Waals surface area contributed by atoms with Gasteiger partial charge < -0.3 is 10.2 Å². The van der Waals surface area contributed by atoms with Crippen LogP contribution in [0.25, 0.3) is 0 Å². The Hall–Kier alpha value is -1.84. The van der Waals surface area contributed by atoms with Gasteiger partial charge in [0.25, 0.3) is 5.91 Å². The van der Waals surface area contributed by atoms with E-state index in [4.69, 9.17) is 0 Å². The maximum absolute atomic E-state index is 12.3. The van der Waals surface area contributed by atoms with Crippen LogP contribution in [0.3, 0.4) is 0 Å². The van der Waals surface area contributed by atoms with Crippen LogP contribution in [0.2, 0.25) is 0 Å². The topological polar surface area (TPSA) is 49.4 Å². The van der Waals surface area contributed by atoms with Crippen molar-refractivity contribution in [3.05, 3.63) is 35.4 Å². The molecule has 1 atom stereocenters. The number of hydrogen-bond acceptors (Lipinski definition) is 2. The summed E-state index contributed by atoms with van der Waals surface area (Å²) in [5.74, 6) is 0.285. The van der Waals surface area contributed by atoms with E-state index in [-0.39, 0.29) is 5.91 Å². The van der Waals surface area contributed by atoms with E-state index in [0.29, 0.717) is 24.9 Å². The number of rotatable bonds is 0. The molecule has 4 nitrogen and oxygen atoms in total. The van der Waals surface area contributed by atoms with Crippen molar-refractivity contribution in [3.63, 3.8) is 0 Å². The third kappa shape index (κ3) is 3.49. The van der Waals surface area contributed by atoms with E-state index in [1.165, 1.54) is 5.56 Å². The Bertz CT molecular complexity index is 556. The summed E-state index contributed by atoms with van der Waals surface area (Å²) in [7, 11) is 0. The fourth-order valence-corrected chi connectivity index (χ4v) is 3.51. The molecule has 2 amide bonds. The maximum Gasteiger partial charge on any atom is 0.251 e. The normalized spacial score (nSPS) is 23.6. The molecule has 0 spiro atoms. The van der Waals surface area contributed by atoms with Gasteiger partial charge in [0, 0.05) is 31.1 Å².